The lowest BCUT2D eigenvalue weighted by molar-refractivity contribution is 0.0913. The molecule has 1 aromatic heterocycles. The summed E-state index contributed by atoms with van der Waals surface area (Å²) in [7, 11) is -3.98. The number of aromatic amines is 1. The van der Waals surface area contributed by atoms with Crippen molar-refractivity contribution in [2.45, 2.75) is 56.9 Å². The molecule has 2 unspecified atom stereocenters. The predicted molar refractivity (Wildman–Crippen MR) is 78.2 cm³/mol. The lowest BCUT2D eigenvalue weighted by Crippen LogP contribution is -2.38. The minimum absolute atomic E-state index is 0.0661. The molecule has 0 aromatic carbocycles. The molecule has 1 heterocycles. The molecule has 0 radical (unpaired) electrons. The van der Waals surface area contributed by atoms with Gasteiger partial charge in [0.2, 0.25) is 10.0 Å². The molecule has 1 amide bonds. The van der Waals surface area contributed by atoms with Crippen LogP contribution in [0.1, 0.15) is 55.7 Å². The van der Waals surface area contributed by atoms with Crippen molar-refractivity contribution < 1.29 is 13.2 Å². The van der Waals surface area contributed by atoms with E-state index in [1.807, 2.05) is 0 Å². The topological polar surface area (TPSA) is 118 Å². The van der Waals surface area contributed by atoms with Crippen molar-refractivity contribution in [2.24, 2.45) is 11.1 Å². The maximum atomic E-state index is 12.3. The van der Waals surface area contributed by atoms with Gasteiger partial charge in [0, 0.05) is 6.04 Å². The first kappa shape index (κ1) is 16.0. The van der Waals surface area contributed by atoms with Crippen LogP contribution in [0.4, 0.5) is 0 Å². The van der Waals surface area contributed by atoms with Crippen molar-refractivity contribution >= 4 is 15.9 Å². The van der Waals surface area contributed by atoms with Crippen LogP contribution in [0.15, 0.2) is 4.90 Å². The highest BCUT2D eigenvalue weighted by atomic mass is 32.2. The first-order chi connectivity index (χ1) is 9.82. The van der Waals surface area contributed by atoms with E-state index < -0.39 is 15.9 Å². The number of sulfonamides is 1. The van der Waals surface area contributed by atoms with Crippen molar-refractivity contribution in [1.29, 1.82) is 0 Å². The number of H-pyrrole nitrogens is 1. The molecule has 0 saturated heterocycles. The quantitative estimate of drug-likeness (QED) is 0.766. The zero-order valence-electron chi connectivity index (χ0n) is 12.3. The maximum Gasteiger partial charge on any atom is 0.273 e. The molecule has 1 aliphatic rings. The highest BCUT2D eigenvalue weighted by molar-refractivity contribution is 7.89. The number of hydrogen-bond donors (Lipinski definition) is 3. The minimum atomic E-state index is -3.98. The van der Waals surface area contributed by atoms with E-state index in [9.17, 15) is 13.2 Å². The number of nitrogens with one attached hydrogen (secondary N) is 2. The molecular formula is C13H22N4O3S. The zero-order valence-corrected chi connectivity index (χ0v) is 13.2. The molecule has 0 spiro atoms. The molecule has 1 saturated carbocycles. The molecule has 2 rings (SSSR count). The maximum absolute atomic E-state index is 12.3. The SMILES string of the molecule is CCc1[nH]nc(C(=O)NC2CCCC(C)C2)c1S(N)(=O)=O. The van der Waals surface area contributed by atoms with Gasteiger partial charge in [-0.15, -0.1) is 0 Å². The van der Waals surface area contributed by atoms with Crippen LogP contribution in [0.5, 0.6) is 0 Å². The number of rotatable bonds is 4. The third kappa shape index (κ3) is 3.62. The van der Waals surface area contributed by atoms with Crippen LogP contribution < -0.4 is 10.5 Å². The monoisotopic (exact) mass is 314 g/mol. The number of hydrogen-bond acceptors (Lipinski definition) is 4. The van der Waals surface area contributed by atoms with E-state index in [1.165, 1.54) is 0 Å². The van der Waals surface area contributed by atoms with Crippen molar-refractivity contribution in [1.82, 2.24) is 15.5 Å². The van der Waals surface area contributed by atoms with Gasteiger partial charge >= 0.3 is 0 Å². The Morgan fingerprint density at radius 2 is 2.19 bits per heavy atom. The average Bonchev–Trinajstić information content (AvgIpc) is 2.82. The summed E-state index contributed by atoms with van der Waals surface area (Å²) in [5.74, 6) is 0.0845. The van der Waals surface area contributed by atoms with Gasteiger partial charge in [0.05, 0.1) is 5.69 Å². The van der Waals surface area contributed by atoms with Crippen LogP contribution in [0, 0.1) is 5.92 Å². The third-order valence-corrected chi connectivity index (χ3v) is 4.93. The molecule has 8 heteroatoms. The second kappa shape index (κ2) is 6.15. The van der Waals surface area contributed by atoms with Gasteiger partial charge < -0.3 is 5.32 Å². The average molecular weight is 314 g/mol. The van der Waals surface area contributed by atoms with Gasteiger partial charge in [0.15, 0.2) is 5.69 Å². The first-order valence-electron chi connectivity index (χ1n) is 7.23. The third-order valence-electron chi connectivity index (χ3n) is 3.92. The number of carbonyl (C=O) groups is 1. The van der Waals surface area contributed by atoms with E-state index in [0.717, 1.165) is 25.7 Å². The molecule has 1 aliphatic carbocycles. The molecule has 4 N–H and O–H groups in total. The number of carbonyl (C=O) groups excluding carboxylic acids is 1. The summed E-state index contributed by atoms with van der Waals surface area (Å²) >= 11 is 0. The Bertz CT molecular complexity index is 623. The Hall–Kier alpha value is -1.41. The number of aryl methyl sites for hydroxylation is 1. The van der Waals surface area contributed by atoms with Crippen LogP contribution in [0.25, 0.3) is 0 Å². The fourth-order valence-corrected chi connectivity index (χ4v) is 3.83. The molecule has 21 heavy (non-hydrogen) atoms. The smallest absolute Gasteiger partial charge is 0.273 e. The van der Waals surface area contributed by atoms with Crippen molar-refractivity contribution in [3.05, 3.63) is 11.4 Å². The molecule has 0 aliphatic heterocycles. The Balaban J connectivity index is 2.22. The van der Waals surface area contributed by atoms with Gasteiger partial charge in [0.25, 0.3) is 5.91 Å². The van der Waals surface area contributed by atoms with E-state index >= 15 is 0 Å². The predicted octanol–water partition coefficient (Wildman–Crippen LogP) is 0.928. The number of aromatic nitrogens is 2. The van der Waals surface area contributed by atoms with Crippen molar-refractivity contribution in [2.75, 3.05) is 0 Å². The summed E-state index contributed by atoms with van der Waals surface area (Å²) in [6.07, 6.45) is 4.45. The Morgan fingerprint density at radius 3 is 2.76 bits per heavy atom. The molecule has 118 valence electrons. The van der Waals surface area contributed by atoms with E-state index in [0.29, 0.717) is 18.0 Å². The highest BCUT2D eigenvalue weighted by Crippen LogP contribution is 2.24. The summed E-state index contributed by atoms with van der Waals surface area (Å²) in [4.78, 5) is 12.1. The molecule has 1 fully saturated rings. The highest BCUT2D eigenvalue weighted by Gasteiger charge is 2.29. The van der Waals surface area contributed by atoms with Gasteiger partial charge in [-0.1, -0.05) is 26.7 Å². The molecule has 7 nitrogen and oxygen atoms in total. The van der Waals surface area contributed by atoms with E-state index in [2.05, 4.69) is 22.4 Å². The number of primary sulfonamides is 1. The summed E-state index contributed by atoms with van der Waals surface area (Å²) in [5.41, 5.74) is 0.229. The van der Waals surface area contributed by atoms with Gasteiger partial charge in [-0.2, -0.15) is 5.10 Å². The fraction of sp³-hybridized carbons (Fsp3) is 0.692. The zero-order chi connectivity index (χ0) is 15.6. The molecule has 1 aromatic rings. The Morgan fingerprint density at radius 1 is 1.48 bits per heavy atom. The molecule has 0 bridgehead atoms. The summed E-state index contributed by atoms with van der Waals surface area (Å²) in [6.45, 7) is 3.92. The van der Waals surface area contributed by atoms with Gasteiger partial charge in [0.1, 0.15) is 4.90 Å². The van der Waals surface area contributed by atoms with E-state index in [4.69, 9.17) is 5.14 Å². The number of amides is 1. The Labute approximate surface area is 124 Å². The number of nitrogens with two attached hydrogens (primary N) is 1. The lowest BCUT2D eigenvalue weighted by Gasteiger charge is -2.27. The lowest BCUT2D eigenvalue weighted by atomic mass is 9.87. The van der Waals surface area contributed by atoms with Crippen LogP contribution >= 0.6 is 0 Å². The minimum Gasteiger partial charge on any atom is -0.348 e. The van der Waals surface area contributed by atoms with Crippen LogP contribution in [-0.2, 0) is 16.4 Å². The van der Waals surface area contributed by atoms with Crippen molar-refractivity contribution in [3.8, 4) is 0 Å². The molecule has 2 atom stereocenters. The van der Waals surface area contributed by atoms with Crippen molar-refractivity contribution in [3.63, 3.8) is 0 Å². The van der Waals surface area contributed by atoms with Gasteiger partial charge in [-0.25, -0.2) is 13.6 Å². The normalized spacial score (nSPS) is 23.0. The van der Waals surface area contributed by atoms with Crippen LogP contribution in [0.2, 0.25) is 0 Å². The fourth-order valence-electron chi connectivity index (χ4n) is 2.89. The summed E-state index contributed by atoms with van der Waals surface area (Å²) in [5, 5.41) is 14.5. The largest absolute Gasteiger partial charge is 0.348 e. The van der Waals surface area contributed by atoms with Gasteiger partial charge in [-0.3, -0.25) is 9.89 Å². The second-order valence-corrected chi connectivity index (χ2v) is 7.22. The Kier molecular flexibility index (Phi) is 4.67. The van der Waals surface area contributed by atoms with Crippen LogP contribution in [0.3, 0.4) is 0 Å². The summed E-state index contributed by atoms with van der Waals surface area (Å²) in [6, 6.07) is 0.0661. The van der Waals surface area contributed by atoms with Gasteiger partial charge in [-0.05, 0) is 25.2 Å². The standard InChI is InChI=1S/C13H22N4O3S/c1-3-10-12(21(14,19)20)11(17-16-10)13(18)15-9-6-4-5-8(2)7-9/h8-9H,3-7H2,1-2H3,(H,15,18)(H,16,17)(H2,14,19,20). The van der Waals surface area contributed by atoms with Crippen LogP contribution in [-0.4, -0.2) is 30.6 Å². The molecular weight excluding hydrogens is 292 g/mol. The summed E-state index contributed by atoms with van der Waals surface area (Å²) < 4.78 is 23.4. The first-order valence-corrected chi connectivity index (χ1v) is 8.78. The van der Waals surface area contributed by atoms with E-state index in [-0.39, 0.29) is 16.6 Å². The number of nitrogens with zero attached hydrogens (tertiary/aromatic N) is 1. The van der Waals surface area contributed by atoms with E-state index in [1.54, 1.807) is 6.92 Å². The second-order valence-electron chi connectivity index (χ2n) is 5.72.